The van der Waals surface area contributed by atoms with Crippen LogP contribution in [0, 0.1) is 5.92 Å². The van der Waals surface area contributed by atoms with Gasteiger partial charge in [-0.25, -0.2) is 0 Å². The highest BCUT2D eigenvalue weighted by atomic mass is 79.9. The molecule has 0 saturated carbocycles. The maximum atomic E-state index is 4.17. The Morgan fingerprint density at radius 2 is 2.30 bits per heavy atom. The molecule has 0 aliphatic carbocycles. The van der Waals surface area contributed by atoms with Crippen molar-refractivity contribution in [2.24, 2.45) is 10.9 Å². The quantitative estimate of drug-likeness (QED) is 0.493. The first-order valence-electron chi connectivity index (χ1n) is 3.56. The van der Waals surface area contributed by atoms with Gasteiger partial charge in [0.1, 0.15) is 4.61 Å². The first kappa shape index (κ1) is 9.89. The van der Waals surface area contributed by atoms with E-state index in [4.69, 9.17) is 0 Å². The van der Waals surface area contributed by atoms with Crippen LogP contribution in [0.5, 0.6) is 0 Å². The number of halogens is 1. The maximum absolute atomic E-state index is 4.17. The van der Waals surface area contributed by atoms with E-state index in [-0.39, 0.29) is 0 Å². The van der Waals surface area contributed by atoms with Crippen LogP contribution >= 0.6 is 15.9 Å². The number of hydrogen-bond acceptors (Lipinski definition) is 1. The Kier molecular flexibility index (Phi) is 5.60. The van der Waals surface area contributed by atoms with Gasteiger partial charge in [0.15, 0.2) is 0 Å². The van der Waals surface area contributed by atoms with Crippen molar-refractivity contribution in [2.75, 3.05) is 0 Å². The van der Waals surface area contributed by atoms with Gasteiger partial charge in [-0.1, -0.05) is 19.9 Å². The Morgan fingerprint density at radius 3 is 2.70 bits per heavy atom. The molecule has 0 saturated heterocycles. The van der Waals surface area contributed by atoms with Crippen molar-refractivity contribution in [3.63, 3.8) is 0 Å². The van der Waals surface area contributed by atoms with Gasteiger partial charge < -0.3 is 0 Å². The third-order valence-corrected chi connectivity index (χ3v) is 2.00. The van der Waals surface area contributed by atoms with Crippen LogP contribution in [0.1, 0.15) is 27.2 Å². The fraction of sp³-hybridized carbons (Fsp3) is 0.625. The minimum absolute atomic E-state index is 0.576. The normalized spacial score (nSPS) is 16.2. The lowest BCUT2D eigenvalue weighted by Gasteiger charge is -1.96. The molecule has 1 unspecified atom stereocenters. The lowest BCUT2D eigenvalue weighted by Crippen LogP contribution is -1.91. The molecule has 0 aromatic rings. The molecule has 0 aliphatic heterocycles. The topological polar surface area (TPSA) is 12.4 Å². The van der Waals surface area contributed by atoms with E-state index in [0.717, 1.165) is 11.0 Å². The SMILES string of the molecule is C/C=C(Br)\N=C/C(C)CC. The fourth-order valence-corrected chi connectivity index (χ4v) is 0.497. The highest BCUT2D eigenvalue weighted by Gasteiger charge is 1.90. The maximum Gasteiger partial charge on any atom is 0.101 e. The van der Waals surface area contributed by atoms with Gasteiger partial charge in [0.25, 0.3) is 0 Å². The number of aliphatic imine (C=N–C) groups is 1. The zero-order chi connectivity index (χ0) is 7.98. The first-order chi connectivity index (χ1) is 4.70. The molecule has 0 aromatic heterocycles. The zero-order valence-electron chi connectivity index (χ0n) is 6.76. The molecule has 0 radical (unpaired) electrons. The van der Waals surface area contributed by atoms with E-state index in [1.807, 2.05) is 19.2 Å². The van der Waals surface area contributed by atoms with Gasteiger partial charge in [0.2, 0.25) is 0 Å². The van der Waals surface area contributed by atoms with Crippen molar-refractivity contribution in [2.45, 2.75) is 27.2 Å². The van der Waals surface area contributed by atoms with Gasteiger partial charge in [-0.2, -0.15) is 0 Å². The fourth-order valence-electron chi connectivity index (χ4n) is 0.378. The molecule has 0 aromatic carbocycles. The van der Waals surface area contributed by atoms with Gasteiger partial charge in [-0.3, -0.25) is 4.99 Å². The van der Waals surface area contributed by atoms with Crippen LogP contribution in [0.2, 0.25) is 0 Å². The monoisotopic (exact) mass is 203 g/mol. The average molecular weight is 204 g/mol. The molecule has 0 amide bonds. The minimum Gasteiger partial charge on any atom is -0.254 e. The summed E-state index contributed by atoms with van der Waals surface area (Å²) in [7, 11) is 0. The smallest absolute Gasteiger partial charge is 0.101 e. The summed E-state index contributed by atoms with van der Waals surface area (Å²) in [6, 6.07) is 0. The van der Waals surface area contributed by atoms with E-state index in [0.29, 0.717) is 5.92 Å². The van der Waals surface area contributed by atoms with Crippen molar-refractivity contribution in [3.8, 4) is 0 Å². The van der Waals surface area contributed by atoms with Crippen LogP contribution in [0.3, 0.4) is 0 Å². The molecule has 0 spiro atoms. The Bertz CT molecular complexity index is 138. The molecule has 1 nitrogen and oxygen atoms in total. The summed E-state index contributed by atoms with van der Waals surface area (Å²) in [5.41, 5.74) is 0. The molecule has 0 aliphatic rings. The minimum atomic E-state index is 0.576. The van der Waals surface area contributed by atoms with Gasteiger partial charge in [-0.05, 0) is 35.2 Å². The lowest BCUT2D eigenvalue weighted by atomic mass is 10.1. The van der Waals surface area contributed by atoms with Crippen molar-refractivity contribution in [3.05, 3.63) is 10.7 Å². The summed E-state index contributed by atoms with van der Waals surface area (Å²) in [6.45, 7) is 6.26. The molecule has 0 heterocycles. The molecule has 0 rings (SSSR count). The lowest BCUT2D eigenvalue weighted by molar-refractivity contribution is 0.754. The number of hydrogen-bond donors (Lipinski definition) is 0. The van der Waals surface area contributed by atoms with E-state index in [2.05, 4.69) is 34.8 Å². The molecule has 2 heteroatoms. The molecule has 0 bridgehead atoms. The van der Waals surface area contributed by atoms with E-state index in [1.54, 1.807) is 0 Å². The molecule has 0 fully saturated rings. The second-order valence-corrected chi connectivity index (χ2v) is 3.09. The van der Waals surface area contributed by atoms with Gasteiger partial charge >= 0.3 is 0 Å². The van der Waals surface area contributed by atoms with Crippen molar-refractivity contribution in [1.82, 2.24) is 0 Å². The highest BCUT2D eigenvalue weighted by Crippen LogP contribution is 2.06. The Labute approximate surface area is 71.4 Å². The molecule has 58 valence electrons. The Balaban J connectivity index is 3.75. The molecule has 0 N–H and O–H groups in total. The summed E-state index contributed by atoms with van der Waals surface area (Å²) >= 11 is 3.30. The van der Waals surface area contributed by atoms with Crippen LogP contribution < -0.4 is 0 Å². The van der Waals surface area contributed by atoms with Crippen LogP contribution in [-0.2, 0) is 0 Å². The molecule has 1 atom stereocenters. The predicted molar refractivity (Wildman–Crippen MR) is 50.6 cm³/mol. The largest absolute Gasteiger partial charge is 0.254 e. The molecule has 10 heavy (non-hydrogen) atoms. The molecular formula is C8H14BrN. The second kappa shape index (κ2) is 5.66. The Hall–Kier alpha value is -0.110. The van der Waals surface area contributed by atoms with Gasteiger partial charge in [0.05, 0.1) is 0 Å². The van der Waals surface area contributed by atoms with E-state index in [9.17, 15) is 0 Å². The summed E-state index contributed by atoms with van der Waals surface area (Å²) in [4.78, 5) is 4.17. The highest BCUT2D eigenvalue weighted by molar-refractivity contribution is 9.11. The van der Waals surface area contributed by atoms with E-state index >= 15 is 0 Å². The van der Waals surface area contributed by atoms with Gasteiger partial charge in [0, 0.05) is 6.21 Å². The van der Waals surface area contributed by atoms with Crippen LogP contribution in [0.25, 0.3) is 0 Å². The van der Waals surface area contributed by atoms with Crippen LogP contribution in [0.15, 0.2) is 15.7 Å². The second-order valence-electron chi connectivity index (χ2n) is 2.28. The van der Waals surface area contributed by atoms with Crippen molar-refractivity contribution in [1.29, 1.82) is 0 Å². The third kappa shape index (κ3) is 4.74. The number of rotatable bonds is 3. The van der Waals surface area contributed by atoms with Crippen LogP contribution in [0.4, 0.5) is 0 Å². The Morgan fingerprint density at radius 1 is 1.70 bits per heavy atom. The van der Waals surface area contributed by atoms with Crippen LogP contribution in [-0.4, -0.2) is 6.21 Å². The van der Waals surface area contributed by atoms with Crippen molar-refractivity contribution < 1.29 is 0 Å². The summed E-state index contributed by atoms with van der Waals surface area (Å²) in [5.74, 6) is 0.576. The summed E-state index contributed by atoms with van der Waals surface area (Å²) in [5, 5.41) is 0. The molecular weight excluding hydrogens is 190 g/mol. The summed E-state index contributed by atoms with van der Waals surface area (Å²) in [6.07, 6.45) is 5.04. The number of nitrogens with zero attached hydrogens (tertiary/aromatic N) is 1. The standard InChI is InChI=1S/C8H14BrN/c1-4-7(3)6-10-8(9)5-2/h5-7H,4H2,1-3H3/b8-5-,10-6-. The third-order valence-electron chi connectivity index (χ3n) is 1.33. The summed E-state index contributed by atoms with van der Waals surface area (Å²) < 4.78 is 0.910. The van der Waals surface area contributed by atoms with E-state index in [1.165, 1.54) is 0 Å². The van der Waals surface area contributed by atoms with E-state index < -0.39 is 0 Å². The first-order valence-corrected chi connectivity index (χ1v) is 4.36. The predicted octanol–water partition coefficient (Wildman–Crippen LogP) is 3.36. The number of allylic oxidation sites excluding steroid dienone is 1. The average Bonchev–Trinajstić information content (AvgIpc) is 1.99. The van der Waals surface area contributed by atoms with Gasteiger partial charge in [-0.15, -0.1) is 0 Å². The zero-order valence-corrected chi connectivity index (χ0v) is 8.35. The van der Waals surface area contributed by atoms with Crippen molar-refractivity contribution >= 4 is 22.1 Å².